The summed E-state index contributed by atoms with van der Waals surface area (Å²) >= 11 is 0. The van der Waals surface area contributed by atoms with Crippen LogP contribution in [0.25, 0.3) is 0 Å². The number of benzene rings is 2. The molecule has 0 saturated carbocycles. The van der Waals surface area contributed by atoms with Gasteiger partial charge in [-0.3, -0.25) is 9.59 Å². The Morgan fingerprint density at radius 2 is 1.96 bits per heavy atom. The molecule has 2 aromatic carbocycles. The molecule has 27 heavy (non-hydrogen) atoms. The normalized spacial score (nSPS) is 16.3. The summed E-state index contributed by atoms with van der Waals surface area (Å²) in [5.74, 6) is -1.73. The molecule has 0 bridgehead atoms. The van der Waals surface area contributed by atoms with Gasteiger partial charge in [0.2, 0.25) is 11.8 Å². The Balaban J connectivity index is 1.65. The van der Waals surface area contributed by atoms with Gasteiger partial charge in [-0.25, -0.2) is 4.79 Å². The Bertz CT molecular complexity index is 866. The lowest BCUT2D eigenvalue weighted by Crippen LogP contribution is -2.28. The number of nitrogens with one attached hydrogen (secondary N) is 1. The highest BCUT2D eigenvalue weighted by Crippen LogP contribution is 2.25. The lowest BCUT2D eigenvalue weighted by atomic mass is 10.1. The molecule has 2 N–H and O–H groups in total. The zero-order valence-corrected chi connectivity index (χ0v) is 14.8. The number of ether oxygens (including phenoxy) is 1. The molecule has 0 spiro atoms. The first-order valence-electron chi connectivity index (χ1n) is 8.52. The number of hydrogen-bond acceptors (Lipinski definition) is 4. The fourth-order valence-electron chi connectivity index (χ4n) is 3.09. The summed E-state index contributed by atoms with van der Waals surface area (Å²) in [6.45, 7) is 0.828. The molecule has 140 valence electrons. The topological polar surface area (TPSA) is 95.9 Å². The second-order valence-electron chi connectivity index (χ2n) is 6.37. The number of amides is 2. The van der Waals surface area contributed by atoms with E-state index in [0.29, 0.717) is 18.8 Å². The van der Waals surface area contributed by atoms with Crippen LogP contribution in [-0.4, -0.2) is 41.4 Å². The fourth-order valence-corrected chi connectivity index (χ4v) is 3.09. The van der Waals surface area contributed by atoms with E-state index in [0.717, 1.165) is 5.56 Å². The first-order chi connectivity index (χ1) is 13.0. The largest absolute Gasteiger partial charge is 0.496 e. The van der Waals surface area contributed by atoms with Gasteiger partial charge >= 0.3 is 5.97 Å². The first-order valence-corrected chi connectivity index (χ1v) is 8.52. The molecule has 1 saturated heterocycles. The molecule has 0 aliphatic carbocycles. The van der Waals surface area contributed by atoms with Crippen molar-refractivity contribution in [3.8, 4) is 5.75 Å². The molecular weight excluding hydrogens is 348 g/mol. The zero-order chi connectivity index (χ0) is 19.4. The van der Waals surface area contributed by atoms with Gasteiger partial charge in [-0.05, 0) is 17.7 Å². The fraction of sp³-hybridized carbons (Fsp3) is 0.250. The van der Waals surface area contributed by atoms with Crippen LogP contribution in [0.4, 0.5) is 5.69 Å². The van der Waals surface area contributed by atoms with E-state index in [-0.39, 0.29) is 29.5 Å². The molecule has 0 radical (unpaired) electrons. The van der Waals surface area contributed by atoms with Crippen LogP contribution in [0.3, 0.4) is 0 Å². The van der Waals surface area contributed by atoms with Gasteiger partial charge in [-0.15, -0.1) is 0 Å². The van der Waals surface area contributed by atoms with Gasteiger partial charge in [0.1, 0.15) is 11.3 Å². The average molecular weight is 368 g/mol. The van der Waals surface area contributed by atoms with Gasteiger partial charge in [-0.1, -0.05) is 30.3 Å². The molecule has 2 aromatic rings. The van der Waals surface area contributed by atoms with Gasteiger partial charge in [-0.2, -0.15) is 0 Å². The quantitative estimate of drug-likeness (QED) is 0.816. The maximum Gasteiger partial charge on any atom is 0.339 e. The molecule has 2 amide bonds. The number of carboxylic acids is 1. The van der Waals surface area contributed by atoms with E-state index in [2.05, 4.69) is 5.32 Å². The van der Waals surface area contributed by atoms with Crippen LogP contribution in [0.15, 0.2) is 48.5 Å². The number of methoxy groups -OCH3 is 1. The van der Waals surface area contributed by atoms with E-state index >= 15 is 0 Å². The highest BCUT2D eigenvalue weighted by molar-refractivity contribution is 5.98. The summed E-state index contributed by atoms with van der Waals surface area (Å²) in [5.41, 5.74) is 1.46. The summed E-state index contributed by atoms with van der Waals surface area (Å²) in [5, 5.41) is 11.9. The van der Waals surface area contributed by atoms with Crippen molar-refractivity contribution >= 4 is 23.5 Å². The van der Waals surface area contributed by atoms with E-state index in [9.17, 15) is 14.4 Å². The van der Waals surface area contributed by atoms with E-state index in [1.165, 1.54) is 25.3 Å². The third-order valence-electron chi connectivity index (χ3n) is 4.50. The number of aromatic carboxylic acids is 1. The van der Waals surface area contributed by atoms with Gasteiger partial charge in [0, 0.05) is 31.3 Å². The van der Waals surface area contributed by atoms with Gasteiger partial charge < -0.3 is 20.1 Å². The van der Waals surface area contributed by atoms with Crippen molar-refractivity contribution < 1.29 is 24.2 Å². The highest BCUT2D eigenvalue weighted by atomic mass is 16.5. The first kappa shape index (κ1) is 18.4. The number of nitrogens with zero attached hydrogens (tertiary/aromatic N) is 1. The van der Waals surface area contributed by atoms with Crippen LogP contribution in [0, 0.1) is 5.92 Å². The number of rotatable bonds is 6. The molecule has 1 atom stereocenters. The zero-order valence-electron chi connectivity index (χ0n) is 14.8. The molecule has 7 nitrogen and oxygen atoms in total. The molecule has 1 aliphatic rings. The van der Waals surface area contributed by atoms with Crippen molar-refractivity contribution in [2.45, 2.75) is 13.0 Å². The summed E-state index contributed by atoms with van der Waals surface area (Å²) < 4.78 is 5.06. The molecule has 3 rings (SSSR count). The van der Waals surface area contributed by atoms with Crippen molar-refractivity contribution in [1.29, 1.82) is 0 Å². The Morgan fingerprint density at radius 3 is 2.63 bits per heavy atom. The van der Waals surface area contributed by atoms with E-state index in [1.807, 2.05) is 30.3 Å². The second kappa shape index (κ2) is 7.90. The van der Waals surface area contributed by atoms with E-state index in [4.69, 9.17) is 9.84 Å². The van der Waals surface area contributed by atoms with Crippen LogP contribution >= 0.6 is 0 Å². The molecule has 1 fully saturated rings. The minimum atomic E-state index is -1.11. The minimum absolute atomic E-state index is 0.0144. The summed E-state index contributed by atoms with van der Waals surface area (Å²) in [6.07, 6.45) is 0.156. The van der Waals surface area contributed by atoms with E-state index < -0.39 is 11.9 Å². The number of carbonyl (C=O) groups is 3. The van der Waals surface area contributed by atoms with Gasteiger partial charge in [0.05, 0.1) is 13.0 Å². The van der Waals surface area contributed by atoms with Crippen molar-refractivity contribution in [2.24, 2.45) is 5.92 Å². The Hall–Kier alpha value is -3.35. The predicted molar refractivity (Wildman–Crippen MR) is 98.5 cm³/mol. The Kier molecular flexibility index (Phi) is 5.40. The summed E-state index contributed by atoms with van der Waals surface area (Å²) in [4.78, 5) is 37.6. The van der Waals surface area contributed by atoms with Crippen LogP contribution < -0.4 is 10.1 Å². The average Bonchev–Trinajstić information content (AvgIpc) is 3.03. The Labute approximate surface area is 156 Å². The molecule has 1 aliphatic heterocycles. The van der Waals surface area contributed by atoms with Gasteiger partial charge in [0.15, 0.2) is 0 Å². The van der Waals surface area contributed by atoms with Crippen LogP contribution in [0.1, 0.15) is 22.3 Å². The maximum atomic E-state index is 12.5. The summed E-state index contributed by atoms with van der Waals surface area (Å²) in [6, 6.07) is 14.0. The molecule has 1 heterocycles. The van der Waals surface area contributed by atoms with Crippen molar-refractivity contribution in [3.05, 3.63) is 59.7 Å². The third-order valence-corrected chi connectivity index (χ3v) is 4.50. The smallest absolute Gasteiger partial charge is 0.339 e. The lowest BCUT2D eigenvalue weighted by Gasteiger charge is -2.17. The maximum absolute atomic E-state index is 12.5. The number of anilines is 1. The standard InChI is InChI=1S/C20H20N2O5/c1-27-17-10-15(7-8-16(17)20(25)26)21-19(24)14-9-18(23)22(12-14)11-13-5-3-2-4-6-13/h2-8,10,14H,9,11-12H2,1H3,(H,21,24)(H,25,26). The predicted octanol–water partition coefficient (Wildman–Crippen LogP) is 2.38. The number of carbonyl (C=O) groups excluding carboxylic acids is 2. The van der Waals surface area contributed by atoms with E-state index in [1.54, 1.807) is 4.90 Å². The third kappa shape index (κ3) is 4.25. The number of carboxylic acid groups (broad SMARTS) is 1. The lowest BCUT2D eigenvalue weighted by molar-refractivity contribution is -0.128. The SMILES string of the molecule is COc1cc(NC(=O)C2CC(=O)N(Cc3ccccc3)C2)ccc1C(=O)O. The molecular formula is C20H20N2O5. The van der Waals surface area contributed by atoms with Crippen molar-refractivity contribution in [1.82, 2.24) is 4.90 Å². The highest BCUT2D eigenvalue weighted by Gasteiger charge is 2.34. The minimum Gasteiger partial charge on any atom is -0.496 e. The van der Waals surface area contributed by atoms with Crippen LogP contribution in [0.5, 0.6) is 5.75 Å². The van der Waals surface area contributed by atoms with Crippen molar-refractivity contribution in [3.63, 3.8) is 0 Å². The molecule has 0 aromatic heterocycles. The second-order valence-corrected chi connectivity index (χ2v) is 6.37. The molecule has 7 heteroatoms. The van der Waals surface area contributed by atoms with Crippen LogP contribution in [0.2, 0.25) is 0 Å². The number of likely N-dealkylation sites (tertiary alicyclic amines) is 1. The summed E-state index contributed by atoms with van der Waals surface area (Å²) in [7, 11) is 1.37. The molecule has 1 unspecified atom stereocenters. The van der Waals surface area contributed by atoms with Crippen molar-refractivity contribution in [2.75, 3.05) is 19.0 Å². The number of hydrogen-bond donors (Lipinski definition) is 2. The Morgan fingerprint density at radius 1 is 1.22 bits per heavy atom. The van der Waals surface area contributed by atoms with Gasteiger partial charge in [0.25, 0.3) is 0 Å². The van der Waals surface area contributed by atoms with Crippen LogP contribution in [-0.2, 0) is 16.1 Å². The monoisotopic (exact) mass is 368 g/mol.